The van der Waals surface area contributed by atoms with E-state index in [0.717, 1.165) is 25.7 Å². The summed E-state index contributed by atoms with van der Waals surface area (Å²) in [6, 6.07) is 18.2. The molecule has 0 aliphatic rings. The fourth-order valence-corrected chi connectivity index (χ4v) is 4.07. The Morgan fingerprint density at radius 3 is 0.789 bits per heavy atom. The van der Waals surface area contributed by atoms with Crippen LogP contribution >= 0.6 is 0 Å². The highest BCUT2D eigenvalue weighted by molar-refractivity contribution is 5.25. The number of hydrogen-bond donors (Lipinski definition) is 0. The van der Waals surface area contributed by atoms with Crippen molar-refractivity contribution in [2.45, 2.75) is 151 Å². The molecule has 0 nitrogen and oxygen atoms in total. The van der Waals surface area contributed by atoms with Gasteiger partial charge in [-0.1, -0.05) is 174 Å². The van der Waals surface area contributed by atoms with Crippen molar-refractivity contribution in [3.63, 3.8) is 0 Å². The van der Waals surface area contributed by atoms with Crippen molar-refractivity contribution in [3.05, 3.63) is 70.8 Å². The Morgan fingerprint density at radius 2 is 0.579 bits per heavy atom. The summed E-state index contributed by atoms with van der Waals surface area (Å²) in [7, 11) is 0. The molecule has 2 aromatic carbocycles. The van der Waals surface area contributed by atoms with E-state index in [9.17, 15) is 0 Å². The van der Waals surface area contributed by atoms with Crippen molar-refractivity contribution in [1.29, 1.82) is 0 Å². The molecule has 0 aliphatic carbocycles. The molecule has 0 heterocycles. The lowest BCUT2D eigenvalue weighted by Gasteiger charge is -2.21. The van der Waals surface area contributed by atoms with Crippen LogP contribution in [-0.2, 0) is 25.7 Å². The van der Waals surface area contributed by atoms with Crippen molar-refractivity contribution in [3.8, 4) is 0 Å². The standard InChI is InChI=1S/2C16H26.2C2H6.2CH4/c1-15(2,3)11-13-7-9-14(10-8-13)12-16(4,5)6;1-15(2,3)11-13-8-7-9-14(10-13)12-16(4,5)6;2*1-2;;/h2*7-10H,11-12H2,1-6H3;2*1-2H3;2*1H4. The van der Waals surface area contributed by atoms with Crippen LogP contribution in [0.5, 0.6) is 0 Å². The molecule has 0 unspecified atom stereocenters. The van der Waals surface area contributed by atoms with Gasteiger partial charge in [0.05, 0.1) is 0 Å². The summed E-state index contributed by atoms with van der Waals surface area (Å²) < 4.78 is 0. The molecule has 0 radical (unpaired) electrons. The third-order valence-electron chi connectivity index (χ3n) is 4.95. The molecule has 0 saturated carbocycles. The number of benzene rings is 2. The van der Waals surface area contributed by atoms with Crippen LogP contribution in [-0.4, -0.2) is 0 Å². The zero-order chi connectivity index (χ0) is 28.8. The quantitative estimate of drug-likeness (QED) is 0.370. The van der Waals surface area contributed by atoms with Crippen molar-refractivity contribution >= 4 is 0 Å². The lowest BCUT2D eigenvalue weighted by Crippen LogP contribution is -2.11. The van der Waals surface area contributed by atoms with Gasteiger partial charge in [0.25, 0.3) is 0 Å². The molecule has 0 fully saturated rings. The van der Waals surface area contributed by atoms with Gasteiger partial charge in [0.1, 0.15) is 0 Å². The monoisotopic (exact) mass is 529 g/mol. The van der Waals surface area contributed by atoms with E-state index in [1.807, 2.05) is 27.7 Å². The molecule has 0 aliphatic heterocycles. The molecule has 0 N–H and O–H groups in total. The zero-order valence-corrected chi connectivity index (χ0v) is 27.4. The second kappa shape index (κ2) is 19.5. The Labute approximate surface area is 243 Å². The van der Waals surface area contributed by atoms with Crippen molar-refractivity contribution in [2.75, 3.05) is 0 Å². The Kier molecular flexibility index (Phi) is 22.3. The maximum absolute atomic E-state index is 2.37. The highest BCUT2D eigenvalue weighted by Crippen LogP contribution is 2.25. The van der Waals surface area contributed by atoms with Gasteiger partial charge in [0.15, 0.2) is 0 Å². The minimum atomic E-state index is 0. The van der Waals surface area contributed by atoms with E-state index in [1.165, 1.54) is 22.3 Å². The van der Waals surface area contributed by atoms with Gasteiger partial charge in [0.2, 0.25) is 0 Å². The first-order valence-corrected chi connectivity index (χ1v) is 14.5. The summed E-state index contributed by atoms with van der Waals surface area (Å²) in [5.41, 5.74) is 7.34. The SMILES string of the molecule is C.C.CC.CC.CC(C)(C)Cc1ccc(CC(C)(C)C)cc1.CC(C)(C)Cc1cccc(CC(C)(C)C)c1. The van der Waals surface area contributed by atoms with Gasteiger partial charge in [-0.15, -0.1) is 0 Å². The third-order valence-corrected chi connectivity index (χ3v) is 4.95. The van der Waals surface area contributed by atoms with Gasteiger partial charge < -0.3 is 0 Å². The topological polar surface area (TPSA) is 0 Å². The molecule has 0 aromatic heterocycles. The van der Waals surface area contributed by atoms with Crippen LogP contribution in [0, 0.1) is 21.7 Å². The summed E-state index contributed by atoms with van der Waals surface area (Å²) in [5, 5.41) is 0. The normalized spacial score (nSPS) is 11.2. The van der Waals surface area contributed by atoms with Crippen LogP contribution in [0.4, 0.5) is 0 Å². The Hall–Kier alpha value is -1.56. The first kappa shape index (κ1) is 43.5. The Balaban J connectivity index is -0.000000257. The molecule has 2 aromatic rings. The van der Waals surface area contributed by atoms with Crippen molar-refractivity contribution in [2.24, 2.45) is 21.7 Å². The molecule has 0 spiro atoms. The van der Waals surface area contributed by atoms with E-state index in [2.05, 4.69) is 132 Å². The van der Waals surface area contributed by atoms with E-state index in [1.54, 1.807) is 0 Å². The Morgan fingerprint density at radius 1 is 0.368 bits per heavy atom. The average Bonchev–Trinajstić information content (AvgIpc) is 2.69. The van der Waals surface area contributed by atoms with Gasteiger partial charge in [-0.3, -0.25) is 0 Å². The first-order valence-electron chi connectivity index (χ1n) is 14.5. The van der Waals surface area contributed by atoms with Gasteiger partial charge >= 0.3 is 0 Å². The molecular formula is C38H72. The second-order valence-corrected chi connectivity index (χ2v) is 14.6. The Bertz CT molecular complexity index is 727. The first-order chi connectivity index (χ1) is 16.3. The summed E-state index contributed by atoms with van der Waals surface area (Å²) in [6.07, 6.45) is 4.63. The van der Waals surface area contributed by atoms with Crippen molar-refractivity contribution < 1.29 is 0 Å². The fraction of sp³-hybridized carbons (Fsp3) is 0.684. The lowest BCUT2D eigenvalue weighted by atomic mass is 9.85. The lowest BCUT2D eigenvalue weighted by molar-refractivity contribution is 0.405. The minimum Gasteiger partial charge on any atom is -0.0776 e. The van der Waals surface area contributed by atoms with Gasteiger partial charge in [-0.05, 0) is 69.6 Å². The van der Waals surface area contributed by atoms with Gasteiger partial charge in [0, 0.05) is 0 Å². The van der Waals surface area contributed by atoms with E-state index in [0.29, 0.717) is 21.7 Å². The predicted octanol–water partition coefficient (Wildman–Crippen LogP) is 13.1. The van der Waals surface area contributed by atoms with E-state index in [-0.39, 0.29) is 14.9 Å². The highest BCUT2D eigenvalue weighted by Gasteiger charge is 2.15. The van der Waals surface area contributed by atoms with Crippen LogP contribution in [0.3, 0.4) is 0 Å². The molecule has 2 rings (SSSR count). The maximum atomic E-state index is 2.37. The smallest absolute Gasteiger partial charge is 0.0230 e. The van der Waals surface area contributed by atoms with Crippen LogP contribution in [0.2, 0.25) is 0 Å². The molecule has 0 amide bonds. The minimum absolute atomic E-state index is 0. The second-order valence-electron chi connectivity index (χ2n) is 14.6. The predicted molar refractivity (Wildman–Crippen MR) is 182 cm³/mol. The number of rotatable bonds is 4. The molecule has 38 heavy (non-hydrogen) atoms. The molecule has 224 valence electrons. The summed E-state index contributed by atoms with van der Waals surface area (Å²) in [6.45, 7) is 35.5. The molecule has 0 saturated heterocycles. The number of hydrogen-bond acceptors (Lipinski definition) is 0. The summed E-state index contributed by atoms with van der Waals surface area (Å²) >= 11 is 0. The summed E-state index contributed by atoms with van der Waals surface area (Å²) in [5.74, 6) is 0. The molecule has 0 atom stereocenters. The maximum Gasteiger partial charge on any atom is -0.0230 e. The van der Waals surface area contributed by atoms with Gasteiger partial charge in [-0.25, -0.2) is 0 Å². The van der Waals surface area contributed by atoms with Crippen LogP contribution in [0.25, 0.3) is 0 Å². The zero-order valence-electron chi connectivity index (χ0n) is 27.4. The van der Waals surface area contributed by atoms with E-state index < -0.39 is 0 Å². The van der Waals surface area contributed by atoms with Gasteiger partial charge in [-0.2, -0.15) is 0 Å². The summed E-state index contributed by atoms with van der Waals surface area (Å²) in [4.78, 5) is 0. The molecular weight excluding hydrogens is 456 g/mol. The fourth-order valence-electron chi connectivity index (χ4n) is 4.07. The van der Waals surface area contributed by atoms with Crippen LogP contribution in [0.1, 0.15) is 148 Å². The largest absolute Gasteiger partial charge is 0.0776 e. The molecule has 0 bridgehead atoms. The van der Waals surface area contributed by atoms with Crippen LogP contribution < -0.4 is 0 Å². The highest BCUT2D eigenvalue weighted by atomic mass is 14.2. The van der Waals surface area contributed by atoms with Crippen molar-refractivity contribution in [1.82, 2.24) is 0 Å². The van der Waals surface area contributed by atoms with Crippen LogP contribution in [0.15, 0.2) is 48.5 Å². The van der Waals surface area contributed by atoms with E-state index >= 15 is 0 Å². The molecule has 0 heteroatoms. The third kappa shape index (κ3) is 26.1. The van der Waals surface area contributed by atoms with E-state index in [4.69, 9.17) is 0 Å². The average molecular weight is 529 g/mol.